The monoisotopic (exact) mass is 368 g/mol. The Morgan fingerprint density at radius 3 is 2.41 bits per heavy atom. The maximum Gasteiger partial charge on any atom is 0.0998 e. The van der Waals surface area contributed by atoms with E-state index >= 15 is 0 Å². The lowest BCUT2D eigenvalue weighted by Gasteiger charge is -2.05. The van der Waals surface area contributed by atoms with Crippen molar-refractivity contribution in [2.45, 2.75) is 6.54 Å². The lowest BCUT2D eigenvalue weighted by molar-refractivity contribution is 0.836. The molecule has 0 spiro atoms. The molecule has 0 fully saturated rings. The fourth-order valence-electron chi connectivity index (χ4n) is 3.31. The Bertz CT molecular complexity index is 1160. The molecular weight excluding hydrogens is 352 g/mol. The third-order valence-electron chi connectivity index (χ3n) is 4.60. The molecule has 130 valence electrons. The van der Waals surface area contributed by atoms with E-state index in [2.05, 4.69) is 41.1 Å². The zero-order chi connectivity index (χ0) is 18.6. The second-order valence-corrected chi connectivity index (χ2v) is 6.77. The Balaban J connectivity index is 1.83. The standard InChI is InChI=1S/C24H17ClN2/c25-23-12-6-4-10-21(23)19(15-26)14-20-17-27(16-18-8-2-1-3-9-18)24-13-7-5-11-22(20)24/h1-14,17H,16H2. The van der Waals surface area contributed by atoms with Crippen molar-refractivity contribution in [2.24, 2.45) is 0 Å². The van der Waals surface area contributed by atoms with Crippen LogP contribution in [0.2, 0.25) is 5.02 Å². The van der Waals surface area contributed by atoms with Gasteiger partial charge in [0.15, 0.2) is 0 Å². The molecule has 0 atom stereocenters. The Hall–Kier alpha value is -3.28. The molecule has 2 nitrogen and oxygen atoms in total. The number of rotatable bonds is 4. The number of hydrogen-bond acceptors (Lipinski definition) is 1. The number of nitriles is 1. The van der Waals surface area contributed by atoms with Crippen LogP contribution in [0, 0.1) is 11.3 Å². The molecule has 0 amide bonds. The van der Waals surface area contributed by atoms with E-state index in [0.717, 1.165) is 28.6 Å². The van der Waals surface area contributed by atoms with Crippen molar-refractivity contribution in [3.05, 3.63) is 107 Å². The molecule has 3 aromatic carbocycles. The second-order valence-electron chi connectivity index (χ2n) is 6.36. The lowest BCUT2D eigenvalue weighted by Crippen LogP contribution is -1.97. The number of aromatic nitrogens is 1. The van der Waals surface area contributed by atoms with Crippen molar-refractivity contribution < 1.29 is 0 Å². The number of nitrogens with zero attached hydrogens (tertiary/aromatic N) is 2. The molecular formula is C24H17ClN2. The molecule has 4 aromatic rings. The van der Waals surface area contributed by atoms with E-state index in [0.29, 0.717) is 10.6 Å². The van der Waals surface area contributed by atoms with Gasteiger partial charge in [0.05, 0.1) is 11.6 Å². The van der Waals surface area contributed by atoms with Gasteiger partial charge in [-0.15, -0.1) is 0 Å². The lowest BCUT2D eigenvalue weighted by atomic mass is 10.0. The second kappa shape index (κ2) is 7.53. The summed E-state index contributed by atoms with van der Waals surface area (Å²) in [6.07, 6.45) is 4.02. The predicted octanol–water partition coefficient (Wildman–Crippen LogP) is 6.41. The average Bonchev–Trinajstić information content (AvgIpc) is 3.05. The molecule has 0 unspecified atom stereocenters. The minimum Gasteiger partial charge on any atom is -0.342 e. The number of allylic oxidation sites excluding steroid dienone is 1. The molecule has 27 heavy (non-hydrogen) atoms. The van der Waals surface area contributed by atoms with Crippen LogP contribution < -0.4 is 0 Å². The van der Waals surface area contributed by atoms with Crippen LogP contribution in [0.25, 0.3) is 22.6 Å². The van der Waals surface area contributed by atoms with Crippen LogP contribution in [-0.4, -0.2) is 4.57 Å². The van der Waals surface area contributed by atoms with Crippen molar-refractivity contribution in [3.63, 3.8) is 0 Å². The topological polar surface area (TPSA) is 28.7 Å². The van der Waals surface area contributed by atoms with Gasteiger partial charge in [-0.25, -0.2) is 0 Å². The zero-order valence-corrected chi connectivity index (χ0v) is 15.4. The van der Waals surface area contributed by atoms with E-state index in [4.69, 9.17) is 11.6 Å². The maximum atomic E-state index is 9.70. The molecule has 0 aliphatic carbocycles. The first kappa shape index (κ1) is 17.1. The Labute approximate surface area is 163 Å². The average molecular weight is 369 g/mol. The number of hydrogen-bond donors (Lipinski definition) is 0. The van der Waals surface area contributed by atoms with Crippen molar-refractivity contribution >= 4 is 34.2 Å². The first-order valence-corrected chi connectivity index (χ1v) is 9.12. The molecule has 0 saturated heterocycles. The van der Waals surface area contributed by atoms with E-state index in [1.165, 1.54) is 5.56 Å². The molecule has 1 aromatic heterocycles. The molecule has 4 rings (SSSR count). The molecule has 0 radical (unpaired) electrons. The third kappa shape index (κ3) is 3.51. The van der Waals surface area contributed by atoms with Crippen LogP contribution >= 0.6 is 11.6 Å². The minimum atomic E-state index is 0.559. The highest BCUT2D eigenvalue weighted by molar-refractivity contribution is 6.32. The summed E-state index contributed by atoms with van der Waals surface area (Å²) in [5.74, 6) is 0. The molecule has 0 saturated carbocycles. The van der Waals surface area contributed by atoms with E-state index in [1.54, 1.807) is 6.07 Å². The van der Waals surface area contributed by atoms with Gasteiger partial charge >= 0.3 is 0 Å². The number of benzene rings is 3. The highest BCUT2D eigenvalue weighted by atomic mass is 35.5. The van der Waals surface area contributed by atoms with Crippen molar-refractivity contribution in [3.8, 4) is 6.07 Å². The van der Waals surface area contributed by atoms with Gasteiger partial charge in [0.25, 0.3) is 0 Å². The summed E-state index contributed by atoms with van der Waals surface area (Å²) >= 11 is 6.30. The van der Waals surface area contributed by atoms with Gasteiger partial charge in [-0.3, -0.25) is 0 Å². The molecule has 1 heterocycles. The quantitative estimate of drug-likeness (QED) is 0.383. The maximum absolute atomic E-state index is 9.70. The van der Waals surface area contributed by atoms with E-state index in [9.17, 15) is 5.26 Å². The number of halogens is 1. The third-order valence-corrected chi connectivity index (χ3v) is 4.93. The smallest absolute Gasteiger partial charge is 0.0998 e. The van der Waals surface area contributed by atoms with Gasteiger partial charge in [-0.05, 0) is 23.8 Å². The number of fused-ring (bicyclic) bond motifs is 1. The Kier molecular flexibility index (Phi) is 4.78. The summed E-state index contributed by atoms with van der Waals surface area (Å²) in [7, 11) is 0. The van der Waals surface area contributed by atoms with Crippen LogP contribution in [0.4, 0.5) is 0 Å². The van der Waals surface area contributed by atoms with Crippen LogP contribution in [0.1, 0.15) is 16.7 Å². The first-order valence-electron chi connectivity index (χ1n) is 8.75. The molecule has 3 heteroatoms. The summed E-state index contributed by atoms with van der Waals surface area (Å²) in [6, 6.07) is 28.4. The van der Waals surface area contributed by atoms with Crippen LogP contribution in [0.15, 0.2) is 85.1 Å². The van der Waals surface area contributed by atoms with Gasteiger partial charge in [-0.2, -0.15) is 5.26 Å². The first-order chi connectivity index (χ1) is 13.3. The van der Waals surface area contributed by atoms with Crippen LogP contribution in [-0.2, 0) is 6.54 Å². The van der Waals surface area contributed by atoms with Crippen molar-refractivity contribution in [1.29, 1.82) is 5.26 Å². The Morgan fingerprint density at radius 2 is 1.63 bits per heavy atom. The van der Waals surface area contributed by atoms with Gasteiger partial charge in [0, 0.05) is 39.8 Å². The fraction of sp³-hybridized carbons (Fsp3) is 0.0417. The van der Waals surface area contributed by atoms with Gasteiger partial charge in [0.1, 0.15) is 0 Å². The van der Waals surface area contributed by atoms with E-state index in [-0.39, 0.29) is 0 Å². The SMILES string of the molecule is N#CC(=Cc1cn(Cc2ccccc2)c2ccccc12)c1ccccc1Cl. The summed E-state index contributed by atoms with van der Waals surface area (Å²) in [5, 5.41) is 11.4. The summed E-state index contributed by atoms with van der Waals surface area (Å²) in [4.78, 5) is 0. The highest BCUT2D eigenvalue weighted by Crippen LogP contribution is 2.29. The molecule has 0 N–H and O–H groups in total. The summed E-state index contributed by atoms with van der Waals surface area (Å²) < 4.78 is 2.22. The van der Waals surface area contributed by atoms with Crippen molar-refractivity contribution in [2.75, 3.05) is 0 Å². The van der Waals surface area contributed by atoms with E-state index < -0.39 is 0 Å². The van der Waals surface area contributed by atoms with Crippen LogP contribution in [0.5, 0.6) is 0 Å². The summed E-state index contributed by atoms with van der Waals surface area (Å²) in [6.45, 7) is 0.781. The Morgan fingerprint density at radius 1 is 0.926 bits per heavy atom. The number of para-hydroxylation sites is 1. The fourth-order valence-corrected chi connectivity index (χ4v) is 3.54. The van der Waals surface area contributed by atoms with Crippen LogP contribution in [0.3, 0.4) is 0 Å². The zero-order valence-electron chi connectivity index (χ0n) is 14.6. The predicted molar refractivity (Wildman–Crippen MR) is 112 cm³/mol. The summed E-state index contributed by atoms with van der Waals surface area (Å²) in [5.41, 5.74) is 4.70. The largest absolute Gasteiger partial charge is 0.342 e. The molecule has 0 bridgehead atoms. The van der Waals surface area contributed by atoms with E-state index in [1.807, 2.05) is 54.6 Å². The minimum absolute atomic E-state index is 0.559. The van der Waals surface area contributed by atoms with Crippen molar-refractivity contribution in [1.82, 2.24) is 4.57 Å². The molecule has 0 aliphatic heterocycles. The van der Waals surface area contributed by atoms with Gasteiger partial charge in [-0.1, -0.05) is 78.3 Å². The van der Waals surface area contributed by atoms with Gasteiger partial charge in [0.2, 0.25) is 0 Å². The molecule has 0 aliphatic rings. The highest BCUT2D eigenvalue weighted by Gasteiger charge is 2.10. The normalized spacial score (nSPS) is 11.5. The van der Waals surface area contributed by atoms with Gasteiger partial charge < -0.3 is 4.57 Å².